The molecule has 7 heteroatoms. The number of hydrogen-bond acceptors (Lipinski definition) is 5. The van der Waals surface area contributed by atoms with Crippen LogP contribution in [0.15, 0.2) is 24.8 Å². The molecule has 24 heavy (non-hydrogen) atoms. The normalized spacial score (nSPS) is 27.5. The molecule has 0 aromatic heterocycles. The topological polar surface area (TPSA) is 95.9 Å². The van der Waals surface area contributed by atoms with E-state index in [0.29, 0.717) is 6.54 Å². The Balaban J connectivity index is 1.85. The fourth-order valence-electron chi connectivity index (χ4n) is 3.12. The number of nitrogens with one attached hydrogen (secondary N) is 1. The number of rotatable bonds is 7. The molecule has 0 aromatic carbocycles. The maximum Gasteiger partial charge on any atom is 0.410 e. The monoisotopic (exact) mass is 336 g/mol. The first-order chi connectivity index (χ1) is 11.4. The molecule has 2 rings (SSSR count). The number of carbonyl (C=O) groups excluding carboxylic acids is 3. The fourth-order valence-corrected chi connectivity index (χ4v) is 3.12. The molecule has 0 saturated carbocycles. The molecule has 2 amide bonds. The second kappa shape index (κ2) is 8.10. The van der Waals surface area contributed by atoms with E-state index in [1.54, 1.807) is 17.9 Å². The van der Waals surface area contributed by atoms with Crippen molar-refractivity contribution in [3.63, 3.8) is 0 Å². The van der Waals surface area contributed by atoms with E-state index in [9.17, 15) is 19.5 Å². The van der Waals surface area contributed by atoms with Crippen molar-refractivity contribution in [1.29, 1.82) is 0 Å². The van der Waals surface area contributed by atoms with Gasteiger partial charge in [-0.2, -0.15) is 0 Å². The van der Waals surface area contributed by atoms with Crippen LogP contribution in [0.3, 0.4) is 0 Å². The van der Waals surface area contributed by atoms with Gasteiger partial charge in [0.1, 0.15) is 6.61 Å². The highest BCUT2D eigenvalue weighted by Gasteiger charge is 2.42. The Bertz CT molecular complexity index is 543. The van der Waals surface area contributed by atoms with Crippen molar-refractivity contribution >= 4 is 17.8 Å². The molecule has 4 atom stereocenters. The van der Waals surface area contributed by atoms with Gasteiger partial charge in [0.25, 0.3) is 0 Å². The van der Waals surface area contributed by atoms with Crippen LogP contribution in [0.2, 0.25) is 0 Å². The zero-order valence-electron chi connectivity index (χ0n) is 13.8. The number of allylic oxidation sites excluding steroid dienone is 1. The molecule has 2 aliphatic heterocycles. The van der Waals surface area contributed by atoms with Gasteiger partial charge in [0.05, 0.1) is 24.1 Å². The van der Waals surface area contributed by atoms with Crippen LogP contribution in [0, 0.1) is 5.92 Å². The number of β-lactam (4-membered cyclic amide) rings is 1. The van der Waals surface area contributed by atoms with E-state index in [1.165, 1.54) is 12.2 Å². The molecule has 2 saturated heterocycles. The Labute approximate surface area is 141 Å². The summed E-state index contributed by atoms with van der Waals surface area (Å²) in [7, 11) is 0. The van der Waals surface area contributed by atoms with Crippen LogP contribution in [-0.4, -0.2) is 59.1 Å². The van der Waals surface area contributed by atoms with Gasteiger partial charge in [-0.25, -0.2) is 4.79 Å². The quantitative estimate of drug-likeness (QED) is 0.407. The number of aliphatic hydroxyl groups excluding tert-OH is 1. The Kier molecular flexibility index (Phi) is 6.14. The van der Waals surface area contributed by atoms with E-state index >= 15 is 0 Å². The number of ketones is 1. The van der Waals surface area contributed by atoms with E-state index in [2.05, 4.69) is 11.9 Å². The van der Waals surface area contributed by atoms with Crippen LogP contribution >= 0.6 is 0 Å². The van der Waals surface area contributed by atoms with Crippen molar-refractivity contribution in [3.8, 4) is 0 Å². The van der Waals surface area contributed by atoms with Crippen LogP contribution < -0.4 is 5.32 Å². The first kappa shape index (κ1) is 18.2. The predicted octanol–water partition coefficient (Wildman–Crippen LogP) is 0.784. The third-order valence-electron chi connectivity index (χ3n) is 4.37. The summed E-state index contributed by atoms with van der Waals surface area (Å²) in [5.74, 6) is -0.894. The fraction of sp³-hybridized carbons (Fsp3) is 0.588. The zero-order valence-corrected chi connectivity index (χ0v) is 13.8. The second-order valence-corrected chi connectivity index (χ2v) is 6.18. The smallest absolute Gasteiger partial charge is 0.410 e. The maximum atomic E-state index is 12.1. The molecule has 0 aliphatic carbocycles. The standard InChI is InChI=1S/C17H24N2O5/c1-3-9-24-17(23)19-8-4-5-12(19)6-7-13(21)10-14-15(11(2)20)16(22)18-14/h3,6-7,11-12,14-15,20H,1,4-5,8-10H2,2H3,(H,18,22)/b7-6+/t11-,12+,14-,15-/m1/s1. The van der Waals surface area contributed by atoms with Crippen molar-refractivity contribution in [2.24, 2.45) is 5.92 Å². The summed E-state index contributed by atoms with van der Waals surface area (Å²) in [6, 6.07) is -0.485. The van der Waals surface area contributed by atoms with E-state index in [-0.39, 0.29) is 36.8 Å². The minimum absolute atomic E-state index is 0.142. The average molecular weight is 336 g/mol. The lowest BCUT2D eigenvalue weighted by Gasteiger charge is -2.38. The van der Waals surface area contributed by atoms with Crippen LogP contribution in [0.25, 0.3) is 0 Å². The van der Waals surface area contributed by atoms with Gasteiger partial charge in [-0.05, 0) is 25.8 Å². The minimum atomic E-state index is -0.773. The van der Waals surface area contributed by atoms with Gasteiger partial charge in [0.2, 0.25) is 5.91 Å². The maximum absolute atomic E-state index is 12.1. The third kappa shape index (κ3) is 4.23. The summed E-state index contributed by atoms with van der Waals surface area (Å²) in [6.07, 6.45) is 5.27. The highest BCUT2D eigenvalue weighted by Crippen LogP contribution is 2.23. The molecule has 0 radical (unpaired) electrons. The molecule has 0 unspecified atom stereocenters. The highest BCUT2D eigenvalue weighted by atomic mass is 16.6. The van der Waals surface area contributed by atoms with Crippen molar-refractivity contribution in [2.75, 3.05) is 13.2 Å². The van der Waals surface area contributed by atoms with Crippen LogP contribution in [-0.2, 0) is 14.3 Å². The van der Waals surface area contributed by atoms with Crippen molar-refractivity contribution in [3.05, 3.63) is 24.8 Å². The average Bonchev–Trinajstić information content (AvgIpc) is 2.97. The molecule has 0 aromatic rings. The van der Waals surface area contributed by atoms with E-state index in [1.807, 2.05) is 0 Å². The van der Waals surface area contributed by atoms with E-state index in [4.69, 9.17) is 4.74 Å². The van der Waals surface area contributed by atoms with Crippen LogP contribution in [0.1, 0.15) is 26.2 Å². The van der Waals surface area contributed by atoms with Gasteiger partial charge in [-0.1, -0.05) is 18.7 Å². The molecule has 2 aliphatic rings. The third-order valence-corrected chi connectivity index (χ3v) is 4.37. The zero-order chi connectivity index (χ0) is 17.7. The molecule has 2 heterocycles. The number of ether oxygens (including phenoxy) is 1. The van der Waals surface area contributed by atoms with Gasteiger partial charge in [0.15, 0.2) is 5.78 Å². The van der Waals surface area contributed by atoms with Crippen molar-refractivity contribution < 1.29 is 24.2 Å². The first-order valence-corrected chi connectivity index (χ1v) is 8.17. The summed E-state index contributed by atoms with van der Waals surface area (Å²) in [4.78, 5) is 36.9. The van der Waals surface area contributed by atoms with Gasteiger partial charge in [0, 0.05) is 13.0 Å². The molecule has 2 fully saturated rings. The number of aliphatic hydroxyl groups is 1. The lowest BCUT2D eigenvalue weighted by atomic mass is 9.83. The summed E-state index contributed by atoms with van der Waals surface area (Å²) in [6.45, 7) is 5.80. The van der Waals surface area contributed by atoms with E-state index < -0.39 is 18.1 Å². The van der Waals surface area contributed by atoms with Crippen molar-refractivity contribution in [1.82, 2.24) is 10.2 Å². The number of amides is 2. The molecule has 0 spiro atoms. The summed E-state index contributed by atoms with van der Waals surface area (Å²) in [5.41, 5.74) is 0. The largest absolute Gasteiger partial charge is 0.445 e. The Morgan fingerprint density at radius 2 is 2.29 bits per heavy atom. The van der Waals surface area contributed by atoms with Crippen LogP contribution in [0.5, 0.6) is 0 Å². The molecular formula is C17H24N2O5. The number of nitrogens with zero attached hydrogens (tertiary/aromatic N) is 1. The molecule has 2 N–H and O–H groups in total. The van der Waals surface area contributed by atoms with Crippen molar-refractivity contribution in [2.45, 2.75) is 44.4 Å². The van der Waals surface area contributed by atoms with Gasteiger partial charge in [-0.15, -0.1) is 0 Å². The molecule has 7 nitrogen and oxygen atoms in total. The molecule has 0 bridgehead atoms. The Morgan fingerprint density at radius 3 is 2.92 bits per heavy atom. The molecular weight excluding hydrogens is 312 g/mol. The SMILES string of the molecule is C=CCOC(=O)N1CCC[C@H]1/C=C/C(=O)C[C@H]1NC(=O)[C@@H]1[C@@H](C)O. The lowest BCUT2D eigenvalue weighted by molar-refractivity contribution is -0.141. The second-order valence-electron chi connectivity index (χ2n) is 6.18. The summed E-state index contributed by atoms with van der Waals surface area (Å²) in [5, 5.41) is 12.2. The first-order valence-electron chi connectivity index (χ1n) is 8.17. The summed E-state index contributed by atoms with van der Waals surface area (Å²) >= 11 is 0. The summed E-state index contributed by atoms with van der Waals surface area (Å²) < 4.78 is 5.03. The van der Waals surface area contributed by atoms with Crippen LogP contribution in [0.4, 0.5) is 4.79 Å². The van der Waals surface area contributed by atoms with Gasteiger partial charge in [-0.3, -0.25) is 9.59 Å². The Morgan fingerprint density at radius 1 is 1.54 bits per heavy atom. The number of likely N-dealkylation sites (tertiary alicyclic amines) is 1. The van der Waals surface area contributed by atoms with Gasteiger partial charge >= 0.3 is 6.09 Å². The van der Waals surface area contributed by atoms with E-state index in [0.717, 1.165) is 12.8 Å². The van der Waals surface area contributed by atoms with Gasteiger partial charge < -0.3 is 20.1 Å². The minimum Gasteiger partial charge on any atom is -0.445 e. The highest BCUT2D eigenvalue weighted by molar-refractivity contribution is 5.94. The molecule has 132 valence electrons. The lowest BCUT2D eigenvalue weighted by Crippen LogP contribution is -2.62. The Hall–Kier alpha value is -2.15. The number of hydrogen-bond donors (Lipinski definition) is 2. The predicted molar refractivity (Wildman–Crippen MR) is 87.1 cm³/mol. The number of carbonyl (C=O) groups is 3.